The van der Waals surface area contributed by atoms with Crippen molar-refractivity contribution >= 4 is 89.4 Å². The Morgan fingerprint density at radius 1 is 0.329 bits per heavy atom. The highest BCUT2D eigenvalue weighted by Crippen LogP contribution is 2.42. The van der Waals surface area contributed by atoms with E-state index in [9.17, 15) is 0 Å². The molecule has 0 fully saturated rings. The van der Waals surface area contributed by atoms with Crippen LogP contribution < -0.4 is 20.7 Å². The molecule has 3 heterocycles. The standard InChI is InChI=1S/C66H47N3Si/c1-5-19-48(20-6-1)67-60-30-16-14-28-56(60)59-45-47(35-43-63(59)67)46-33-38-53(39-34-46)70(51-23-9-3-10-24-51,52-25-11-4-12-26-52)54-40-36-50(37-41-54)69-61-31-17-13-27-55(61)57-42-44-64-65(66(57)69)58-29-15-18-32-62(58)68(64)49-21-7-2-8-22-49/h1-13,15-27,29-45H,14,28H2. The maximum absolute atomic E-state index is 2.87. The Balaban J connectivity index is 0.946. The average molecular weight is 910 g/mol. The Bertz CT molecular complexity index is 4090. The maximum atomic E-state index is 2.51. The summed E-state index contributed by atoms with van der Waals surface area (Å²) in [6.07, 6.45) is 6.75. The van der Waals surface area contributed by atoms with Gasteiger partial charge in [-0.05, 0) is 123 Å². The summed E-state index contributed by atoms with van der Waals surface area (Å²) < 4.78 is 7.37. The van der Waals surface area contributed by atoms with E-state index in [1.54, 1.807) is 0 Å². The van der Waals surface area contributed by atoms with Crippen molar-refractivity contribution < 1.29 is 0 Å². The molecule has 0 aliphatic heterocycles. The predicted molar refractivity (Wildman–Crippen MR) is 298 cm³/mol. The molecule has 0 amide bonds. The molecule has 10 aromatic carbocycles. The molecule has 1 aliphatic rings. The largest absolute Gasteiger partial charge is 0.310 e. The van der Waals surface area contributed by atoms with Crippen molar-refractivity contribution in [1.29, 1.82) is 0 Å². The number of aryl methyl sites for hydroxylation is 1. The van der Waals surface area contributed by atoms with Crippen molar-refractivity contribution in [3.05, 3.63) is 266 Å². The van der Waals surface area contributed by atoms with Crippen molar-refractivity contribution in [1.82, 2.24) is 13.7 Å². The quantitative estimate of drug-likeness (QED) is 0.107. The lowest BCUT2D eigenvalue weighted by Gasteiger charge is -2.34. The Morgan fingerprint density at radius 3 is 1.47 bits per heavy atom. The first-order valence-corrected chi connectivity index (χ1v) is 26.5. The van der Waals surface area contributed by atoms with Gasteiger partial charge in [0, 0.05) is 49.7 Å². The number of rotatable bonds is 8. The molecule has 1 aliphatic carbocycles. The van der Waals surface area contributed by atoms with Gasteiger partial charge in [0.1, 0.15) is 0 Å². The van der Waals surface area contributed by atoms with Gasteiger partial charge in [0.15, 0.2) is 8.07 Å². The van der Waals surface area contributed by atoms with Crippen molar-refractivity contribution in [2.45, 2.75) is 12.8 Å². The number of aromatic nitrogens is 3. The normalized spacial score (nSPS) is 12.7. The molecule has 0 bridgehead atoms. The molecule has 14 rings (SSSR count). The molecule has 0 saturated heterocycles. The van der Waals surface area contributed by atoms with Crippen LogP contribution in [0.5, 0.6) is 0 Å². The molecule has 70 heavy (non-hydrogen) atoms. The van der Waals surface area contributed by atoms with E-state index >= 15 is 0 Å². The first-order valence-electron chi connectivity index (χ1n) is 24.5. The monoisotopic (exact) mass is 909 g/mol. The van der Waals surface area contributed by atoms with Crippen molar-refractivity contribution in [3.63, 3.8) is 0 Å². The fraction of sp³-hybridized carbons (Fsp3) is 0.0303. The Hall–Kier alpha value is -8.70. The van der Waals surface area contributed by atoms with Gasteiger partial charge in [-0.2, -0.15) is 0 Å². The van der Waals surface area contributed by atoms with Crippen molar-refractivity contribution in [3.8, 4) is 28.2 Å². The average Bonchev–Trinajstić information content (AvgIpc) is 4.08. The van der Waals surface area contributed by atoms with E-state index in [2.05, 4.69) is 275 Å². The molecule has 0 radical (unpaired) electrons. The third kappa shape index (κ3) is 6.06. The number of fused-ring (bicyclic) bond motifs is 10. The molecule has 0 spiro atoms. The van der Waals surface area contributed by atoms with Crippen LogP contribution in [0, 0.1) is 0 Å². The van der Waals surface area contributed by atoms with Crippen LogP contribution in [0.3, 0.4) is 0 Å². The van der Waals surface area contributed by atoms with Gasteiger partial charge in [-0.15, -0.1) is 0 Å². The number of para-hydroxylation sites is 4. The van der Waals surface area contributed by atoms with E-state index in [1.807, 2.05) is 0 Å². The highest BCUT2D eigenvalue weighted by Gasteiger charge is 2.41. The minimum absolute atomic E-state index is 1.05. The third-order valence-electron chi connectivity index (χ3n) is 15.1. The second-order valence-electron chi connectivity index (χ2n) is 18.7. The highest BCUT2D eigenvalue weighted by atomic mass is 28.3. The van der Waals surface area contributed by atoms with Crippen LogP contribution in [0.15, 0.2) is 255 Å². The lowest BCUT2D eigenvalue weighted by atomic mass is 9.98. The zero-order valence-corrected chi connectivity index (χ0v) is 39.6. The minimum Gasteiger partial charge on any atom is -0.310 e. The van der Waals surface area contributed by atoms with E-state index in [0.29, 0.717) is 0 Å². The Kier molecular flexibility index (Phi) is 9.36. The summed E-state index contributed by atoms with van der Waals surface area (Å²) in [6, 6.07) is 92.9. The van der Waals surface area contributed by atoms with Gasteiger partial charge in [-0.25, -0.2) is 0 Å². The number of allylic oxidation sites excluding steroid dienone is 1. The Labute approximate surface area is 408 Å². The fourth-order valence-electron chi connectivity index (χ4n) is 12.1. The van der Waals surface area contributed by atoms with Crippen LogP contribution >= 0.6 is 0 Å². The van der Waals surface area contributed by atoms with Gasteiger partial charge in [-0.1, -0.05) is 188 Å². The Morgan fingerprint density at radius 2 is 0.814 bits per heavy atom. The van der Waals surface area contributed by atoms with Gasteiger partial charge < -0.3 is 13.7 Å². The summed E-state index contributed by atoms with van der Waals surface area (Å²) in [5, 5.41) is 11.8. The number of hydrogen-bond acceptors (Lipinski definition) is 0. The van der Waals surface area contributed by atoms with Crippen LogP contribution in [0.2, 0.25) is 0 Å². The van der Waals surface area contributed by atoms with Gasteiger partial charge in [-0.3, -0.25) is 0 Å². The smallest absolute Gasteiger partial charge is 0.179 e. The number of hydrogen-bond donors (Lipinski definition) is 0. The van der Waals surface area contributed by atoms with E-state index in [4.69, 9.17) is 0 Å². The van der Waals surface area contributed by atoms with Crippen molar-refractivity contribution in [2.75, 3.05) is 0 Å². The fourth-order valence-corrected chi connectivity index (χ4v) is 16.8. The second kappa shape index (κ2) is 16.2. The van der Waals surface area contributed by atoms with Gasteiger partial charge in [0.2, 0.25) is 0 Å². The lowest BCUT2D eigenvalue weighted by molar-refractivity contribution is 0.967. The first kappa shape index (κ1) is 40.4. The zero-order chi connectivity index (χ0) is 46.2. The summed E-state index contributed by atoms with van der Waals surface area (Å²) >= 11 is 0. The number of benzene rings is 10. The van der Waals surface area contributed by atoms with E-state index < -0.39 is 8.07 Å². The van der Waals surface area contributed by atoms with Crippen LogP contribution in [0.25, 0.3) is 88.8 Å². The predicted octanol–water partition coefficient (Wildman–Crippen LogP) is 13.8. The first-order chi connectivity index (χ1) is 34.8. The molecule has 0 unspecified atom stereocenters. The van der Waals surface area contributed by atoms with E-state index in [0.717, 1.165) is 24.2 Å². The molecular formula is C66H47N3Si. The molecule has 0 atom stereocenters. The molecule has 0 saturated carbocycles. The van der Waals surface area contributed by atoms with Crippen LogP contribution in [-0.2, 0) is 6.42 Å². The summed E-state index contributed by atoms with van der Waals surface area (Å²) in [4.78, 5) is 0. The molecule has 0 N–H and O–H groups in total. The van der Waals surface area contributed by atoms with Crippen LogP contribution in [0.4, 0.5) is 0 Å². The highest BCUT2D eigenvalue weighted by molar-refractivity contribution is 7.19. The summed E-state index contributed by atoms with van der Waals surface area (Å²) in [6.45, 7) is 0. The summed E-state index contributed by atoms with van der Waals surface area (Å²) in [5.74, 6) is 0. The van der Waals surface area contributed by atoms with Gasteiger partial charge >= 0.3 is 0 Å². The molecule has 3 nitrogen and oxygen atoms in total. The molecule has 330 valence electrons. The van der Waals surface area contributed by atoms with Crippen molar-refractivity contribution in [2.24, 2.45) is 0 Å². The molecular weight excluding hydrogens is 863 g/mol. The summed E-state index contributed by atoms with van der Waals surface area (Å²) in [7, 11) is -2.87. The van der Waals surface area contributed by atoms with Crippen LogP contribution in [-0.4, -0.2) is 21.8 Å². The van der Waals surface area contributed by atoms with Gasteiger partial charge in [0.05, 0.1) is 27.6 Å². The zero-order valence-electron chi connectivity index (χ0n) is 38.6. The third-order valence-corrected chi connectivity index (χ3v) is 19.9. The molecule has 4 heteroatoms. The molecule has 13 aromatic rings. The topological polar surface area (TPSA) is 14.8 Å². The minimum atomic E-state index is -2.87. The van der Waals surface area contributed by atoms with E-state index in [1.165, 1.54) is 103 Å². The number of nitrogens with zero attached hydrogens (tertiary/aromatic N) is 3. The lowest BCUT2D eigenvalue weighted by Crippen LogP contribution is -2.74. The summed E-state index contributed by atoms with van der Waals surface area (Å²) in [5.41, 5.74) is 14.8. The SMILES string of the molecule is C1=Cc2c(c3cc(-c4ccc([Si](c5ccccc5)(c5ccccc5)c5ccc(-n6c7ccccc7c7ccc8c(c9ccccc9n8-c8ccccc8)c76)cc5)cc4)ccc3n2-c2ccccc2)CC1. The van der Waals surface area contributed by atoms with E-state index in [-0.39, 0.29) is 0 Å². The van der Waals surface area contributed by atoms with Gasteiger partial charge in [0.25, 0.3) is 0 Å². The molecule has 3 aromatic heterocycles. The van der Waals surface area contributed by atoms with Crippen LogP contribution in [0.1, 0.15) is 17.7 Å². The second-order valence-corrected chi connectivity index (χ2v) is 22.5. The maximum Gasteiger partial charge on any atom is 0.179 e.